The van der Waals surface area contributed by atoms with E-state index < -0.39 is 11.7 Å². The summed E-state index contributed by atoms with van der Waals surface area (Å²) in [7, 11) is 0. The summed E-state index contributed by atoms with van der Waals surface area (Å²) < 4.78 is 38.7. The Morgan fingerprint density at radius 3 is 2.65 bits per heavy atom. The average molecular weight is 424 g/mol. The van der Waals surface area contributed by atoms with E-state index in [1.165, 1.54) is 6.20 Å². The number of nitrogens with zero attached hydrogens (tertiary/aromatic N) is 5. The predicted molar refractivity (Wildman–Crippen MR) is 108 cm³/mol. The summed E-state index contributed by atoms with van der Waals surface area (Å²) in [5.74, 6) is 0.375. The van der Waals surface area contributed by atoms with Crippen LogP contribution in [0.25, 0.3) is 10.9 Å². The minimum absolute atomic E-state index is 0.0346. The molecule has 156 valence electrons. The first kappa shape index (κ1) is 20.1. The van der Waals surface area contributed by atoms with Gasteiger partial charge in [0.2, 0.25) is 5.82 Å². The third-order valence-electron chi connectivity index (χ3n) is 4.33. The summed E-state index contributed by atoms with van der Waals surface area (Å²) in [6.07, 6.45) is -0.446. The zero-order valence-electron chi connectivity index (χ0n) is 15.9. The highest BCUT2D eigenvalue weighted by Gasteiger charge is 2.30. The van der Waals surface area contributed by atoms with Crippen LogP contribution in [-0.4, -0.2) is 19.9 Å². The Morgan fingerprint density at radius 1 is 0.968 bits per heavy atom. The Bertz CT molecular complexity index is 1240. The lowest BCUT2D eigenvalue weighted by Gasteiger charge is -2.12. The van der Waals surface area contributed by atoms with Crippen molar-refractivity contribution in [3.05, 3.63) is 72.2 Å². The molecule has 0 bridgehead atoms. The molecule has 4 rings (SSSR count). The number of rotatable bonds is 6. The van der Waals surface area contributed by atoms with Gasteiger partial charge in [-0.25, -0.2) is 20.5 Å². The minimum Gasteiger partial charge on any atom is -0.363 e. The number of hydrogen-bond donors (Lipinski definition) is 3. The van der Waals surface area contributed by atoms with Crippen molar-refractivity contribution in [1.29, 1.82) is 5.53 Å². The summed E-state index contributed by atoms with van der Waals surface area (Å²) in [6.45, 7) is 0.368. The summed E-state index contributed by atoms with van der Waals surface area (Å²) in [5.41, 5.74) is 8.26. The molecule has 4 aromatic rings. The fraction of sp³-hybridized carbons (Fsp3) is 0.100. The topological polar surface area (TPSA) is 112 Å². The van der Waals surface area contributed by atoms with Gasteiger partial charge in [-0.15, -0.1) is 5.11 Å². The lowest BCUT2D eigenvalue weighted by Crippen LogP contribution is -2.07. The van der Waals surface area contributed by atoms with Crippen molar-refractivity contribution < 1.29 is 13.2 Å². The molecule has 11 heteroatoms. The Balaban J connectivity index is 1.54. The zero-order chi connectivity index (χ0) is 21.8. The van der Waals surface area contributed by atoms with Crippen LogP contribution in [0.15, 0.2) is 66.2 Å². The van der Waals surface area contributed by atoms with E-state index in [1.807, 2.05) is 30.3 Å². The van der Waals surface area contributed by atoms with Gasteiger partial charge in [-0.1, -0.05) is 12.1 Å². The molecule has 3 N–H and O–H groups in total. The number of pyridine rings is 2. The molecule has 8 nitrogen and oxygen atoms in total. The summed E-state index contributed by atoms with van der Waals surface area (Å²) in [4.78, 5) is 16.5. The van der Waals surface area contributed by atoms with E-state index in [1.54, 1.807) is 6.20 Å². The van der Waals surface area contributed by atoms with Crippen LogP contribution in [0.5, 0.6) is 0 Å². The number of benzene rings is 1. The van der Waals surface area contributed by atoms with E-state index >= 15 is 0 Å². The molecule has 0 unspecified atom stereocenters. The second-order valence-electron chi connectivity index (χ2n) is 6.48. The number of halogens is 3. The van der Waals surface area contributed by atoms with E-state index in [9.17, 15) is 13.2 Å². The lowest BCUT2D eigenvalue weighted by molar-refractivity contribution is -0.137. The van der Waals surface area contributed by atoms with E-state index in [-0.39, 0.29) is 23.3 Å². The number of aromatic nitrogens is 4. The van der Waals surface area contributed by atoms with Gasteiger partial charge < -0.3 is 10.6 Å². The van der Waals surface area contributed by atoms with Crippen LogP contribution in [0.1, 0.15) is 11.1 Å². The molecule has 0 spiro atoms. The maximum absolute atomic E-state index is 12.9. The normalized spacial score (nSPS) is 11.3. The Morgan fingerprint density at radius 2 is 1.84 bits per heavy atom. The van der Waals surface area contributed by atoms with Crippen LogP contribution in [0.4, 0.5) is 36.4 Å². The Labute approximate surface area is 174 Å². The molecule has 0 radical (unpaired) electrons. The van der Waals surface area contributed by atoms with Gasteiger partial charge in [-0.3, -0.25) is 4.98 Å². The maximum Gasteiger partial charge on any atom is 0.416 e. The van der Waals surface area contributed by atoms with Gasteiger partial charge in [0.05, 0.1) is 17.3 Å². The van der Waals surface area contributed by atoms with Crippen molar-refractivity contribution in [1.82, 2.24) is 19.9 Å². The highest BCUT2D eigenvalue weighted by molar-refractivity contribution is 5.79. The van der Waals surface area contributed by atoms with Crippen LogP contribution in [0.3, 0.4) is 0 Å². The minimum atomic E-state index is -4.49. The molecule has 31 heavy (non-hydrogen) atoms. The van der Waals surface area contributed by atoms with Gasteiger partial charge in [0.15, 0.2) is 11.6 Å². The Kier molecular flexibility index (Phi) is 5.39. The quantitative estimate of drug-likeness (QED) is 0.355. The highest BCUT2D eigenvalue weighted by atomic mass is 19.4. The van der Waals surface area contributed by atoms with Crippen LogP contribution in [0.2, 0.25) is 0 Å². The third-order valence-corrected chi connectivity index (χ3v) is 4.33. The monoisotopic (exact) mass is 424 g/mol. The van der Waals surface area contributed by atoms with Crippen LogP contribution < -0.4 is 10.6 Å². The molecule has 1 aromatic carbocycles. The van der Waals surface area contributed by atoms with Crippen molar-refractivity contribution >= 4 is 34.2 Å². The van der Waals surface area contributed by atoms with Crippen LogP contribution in [0, 0.1) is 5.53 Å². The second kappa shape index (κ2) is 8.30. The van der Waals surface area contributed by atoms with Gasteiger partial charge in [-0.05, 0) is 35.9 Å². The van der Waals surface area contributed by atoms with Gasteiger partial charge in [0.1, 0.15) is 5.82 Å². The molecule has 0 aliphatic carbocycles. The molecular formula is C20H15F3N8. The lowest BCUT2D eigenvalue weighted by atomic mass is 10.1. The van der Waals surface area contributed by atoms with E-state index in [0.29, 0.717) is 6.54 Å². The highest BCUT2D eigenvalue weighted by Crippen LogP contribution is 2.31. The van der Waals surface area contributed by atoms with E-state index in [2.05, 4.69) is 35.7 Å². The summed E-state index contributed by atoms with van der Waals surface area (Å²) in [5, 5.41) is 10.1. The molecule has 0 aliphatic heterocycles. The van der Waals surface area contributed by atoms with Crippen molar-refractivity contribution in [2.45, 2.75) is 12.7 Å². The SMILES string of the molecule is N=Nc1ncc(Nc2cc(C(F)(F)F)ccn2)nc1NCc1ccc2ncccc2c1. The summed E-state index contributed by atoms with van der Waals surface area (Å²) >= 11 is 0. The smallest absolute Gasteiger partial charge is 0.363 e. The third kappa shape index (κ3) is 4.71. The van der Waals surface area contributed by atoms with E-state index in [0.717, 1.165) is 34.8 Å². The molecule has 3 heterocycles. The van der Waals surface area contributed by atoms with E-state index in [4.69, 9.17) is 5.53 Å². The molecule has 0 fully saturated rings. The average Bonchev–Trinajstić information content (AvgIpc) is 2.77. The van der Waals surface area contributed by atoms with Gasteiger partial charge in [0, 0.05) is 24.3 Å². The number of alkyl halides is 3. The first-order valence-electron chi connectivity index (χ1n) is 9.05. The standard InChI is InChI=1S/C20H15F3N8/c21-20(22,23)14-5-7-26-16(9-14)29-17-11-28-19(31-24)18(30-17)27-10-12-3-4-15-13(8-12)2-1-6-25-15/h1-9,11,24H,10H2,(H2,26,27,29,30). The fourth-order valence-corrected chi connectivity index (χ4v) is 2.87. The van der Waals surface area contributed by atoms with Gasteiger partial charge in [0.25, 0.3) is 0 Å². The Hall–Kier alpha value is -4.15. The number of anilines is 3. The van der Waals surface area contributed by atoms with Crippen LogP contribution in [-0.2, 0) is 12.7 Å². The fourth-order valence-electron chi connectivity index (χ4n) is 2.87. The zero-order valence-corrected chi connectivity index (χ0v) is 15.9. The number of nitrogens with one attached hydrogen (secondary N) is 3. The molecule has 0 amide bonds. The maximum atomic E-state index is 12.9. The van der Waals surface area contributed by atoms with Gasteiger partial charge >= 0.3 is 6.18 Å². The number of hydrogen-bond acceptors (Lipinski definition) is 8. The largest absolute Gasteiger partial charge is 0.416 e. The van der Waals surface area contributed by atoms with Crippen molar-refractivity contribution in [2.24, 2.45) is 5.11 Å². The molecular weight excluding hydrogens is 409 g/mol. The van der Waals surface area contributed by atoms with Crippen molar-refractivity contribution in [3.63, 3.8) is 0 Å². The molecule has 0 atom stereocenters. The second-order valence-corrected chi connectivity index (χ2v) is 6.48. The van der Waals surface area contributed by atoms with Crippen molar-refractivity contribution in [3.8, 4) is 0 Å². The van der Waals surface area contributed by atoms with Gasteiger partial charge in [-0.2, -0.15) is 13.2 Å². The summed E-state index contributed by atoms with van der Waals surface area (Å²) in [6, 6.07) is 11.3. The van der Waals surface area contributed by atoms with Crippen molar-refractivity contribution in [2.75, 3.05) is 10.6 Å². The molecule has 0 saturated carbocycles. The first-order valence-corrected chi connectivity index (χ1v) is 9.05. The van der Waals surface area contributed by atoms with Crippen LogP contribution >= 0.6 is 0 Å². The molecule has 3 aromatic heterocycles. The molecule has 0 aliphatic rings. The predicted octanol–water partition coefficient (Wildman–Crippen LogP) is 5.46. The number of fused-ring (bicyclic) bond motifs is 1. The molecule has 0 saturated heterocycles. The first-order chi connectivity index (χ1) is 14.9.